The monoisotopic (exact) mass is 380 g/mol. The molecular formula is C23H25FN2O2. The van der Waals surface area contributed by atoms with Gasteiger partial charge in [0.15, 0.2) is 11.5 Å². The van der Waals surface area contributed by atoms with Crippen LogP contribution in [0.5, 0.6) is 11.5 Å². The second-order valence-corrected chi connectivity index (χ2v) is 7.06. The van der Waals surface area contributed by atoms with E-state index in [4.69, 9.17) is 9.47 Å². The summed E-state index contributed by atoms with van der Waals surface area (Å²) in [7, 11) is 3.31. The van der Waals surface area contributed by atoms with Crippen molar-refractivity contribution < 1.29 is 13.9 Å². The molecule has 0 amide bonds. The van der Waals surface area contributed by atoms with Crippen LogP contribution in [0.15, 0.2) is 60.8 Å². The summed E-state index contributed by atoms with van der Waals surface area (Å²) >= 11 is 0. The lowest BCUT2D eigenvalue weighted by atomic mass is 10.0. The molecule has 1 aromatic heterocycles. The first kappa shape index (κ1) is 18.6. The van der Waals surface area contributed by atoms with Crippen LogP contribution in [0.2, 0.25) is 0 Å². The number of fused-ring (bicyclic) bond motifs is 1. The molecule has 0 aliphatic carbocycles. The molecule has 2 aromatic carbocycles. The highest BCUT2D eigenvalue weighted by Crippen LogP contribution is 2.37. The number of benzene rings is 2. The van der Waals surface area contributed by atoms with Gasteiger partial charge in [-0.15, -0.1) is 0 Å². The maximum Gasteiger partial charge on any atom is 0.165 e. The molecule has 3 aromatic rings. The zero-order valence-electron chi connectivity index (χ0n) is 16.3. The van der Waals surface area contributed by atoms with Gasteiger partial charge in [0.05, 0.1) is 20.3 Å². The topological polar surface area (TPSA) is 26.6 Å². The van der Waals surface area contributed by atoms with Crippen LogP contribution in [0.1, 0.15) is 29.3 Å². The van der Waals surface area contributed by atoms with E-state index < -0.39 is 0 Å². The third-order valence-electron chi connectivity index (χ3n) is 5.38. The molecule has 28 heavy (non-hydrogen) atoms. The zero-order chi connectivity index (χ0) is 19.5. The van der Waals surface area contributed by atoms with Crippen molar-refractivity contribution in [3.63, 3.8) is 0 Å². The fourth-order valence-electron chi connectivity index (χ4n) is 4.17. The van der Waals surface area contributed by atoms with Gasteiger partial charge in [-0.2, -0.15) is 0 Å². The van der Waals surface area contributed by atoms with E-state index in [0.29, 0.717) is 6.54 Å². The highest BCUT2D eigenvalue weighted by molar-refractivity contribution is 5.46. The number of methoxy groups -OCH3 is 2. The van der Waals surface area contributed by atoms with E-state index in [-0.39, 0.29) is 11.9 Å². The Labute approximate surface area is 165 Å². The van der Waals surface area contributed by atoms with Gasteiger partial charge >= 0.3 is 0 Å². The predicted octanol–water partition coefficient (Wildman–Crippen LogP) is 4.64. The number of ether oxygens (including phenoxy) is 2. The molecule has 2 heterocycles. The second-order valence-electron chi connectivity index (χ2n) is 7.06. The molecule has 4 rings (SSSR count). The van der Waals surface area contributed by atoms with Gasteiger partial charge in [0, 0.05) is 37.1 Å². The van der Waals surface area contributed by atoms with Crippen molar-refractivity contribution >= 4 is 0 Å². The summed E-state index contributed by atoms with van der Waals surface area (Å²) in [6, 6.07) is 17.1. The molecule has 5 heteroatoms. The molecular weight excluding hydrogens is 355 g/mol. The van der Waals surface area contributed by atoms with E-state index in [1.807, 2.05) is 18.2 Å². The maximum absolute atomic E-state index is 14.0. The molecule has 146 valence electrons. The Morgan fingerprint density at radius 1 is 1.00 bits per heavy atom. The Balaban J connectivity index is 1.76. The van der Waals surface area contributed by atoms with E-state index in [0.717, 1.165) is 42.1 Å². The molecule has 0 spiro atoms. The van der Waals surface area contributed by atoms with Gasteiger partial charge in [0.1, 0.15) is 5.82 Å². The van der Waals surface area contributed by atoms with Crippen molar-refractivity contribution in [3.8, 4) is 11.5 Å². The Hall–Kier alpha value is -2.79. The van der Waals surface area contributed by atoms with Crippen LogP contribution in [-0.2, 0) is 13.1 Å². The normalized spacial score (nSPS) is 17.0. The minimum Gasteiger partial charge on any atom is -0.493 e. The Kier molecular flexibility index (Phi) is 5.35. The van der Waals surface area contributed by atoms with Crippen molar-refractivity contribution in [1.29, 1.82) is 0 Å². The largest absolute Gasteiger partial charge is 0.493 e. The molecule has 0 saturated heterocycles. The average molecular weight is 380 g/mol. The molecule has 0 unspecified atom stereocenters. The molecule has 0 saturated carbocycles. The number of nitrogens with zero attached hydrogens (tertiary/aromatic N) is 2. The summed E-state index contributed by atoms with van der Waals surface area (Å²) in [6.07, 6.45) is 3.14. The number of aromatic nitrogens is 1. The van der Waals surface area contributed by atoms with Crippen molar-refractivity contribution in [3.05, 3.63) is 83.4 Å². The molecule has 0 fully saturated rings. The third kappa shape index (κ3) is 3.50. The average Bonchev–Trinajstić information content (AvgIpc) is 3.09. The van der Waals surface area contributed by atoms with Gasteiger partial charge < -0.3 is 14.0 Å². The number of halogens is 1. The van der Waals surface area contributed by atoms with Crippen LogP contribution in [0.25, 0.3) is 0 Å². The van der Waals surface area contributed by atoms with Gasteiger partial charge in [0.2, 0.25) is 0 Å². The van der Waals surface area contributed by atoms with Crippen LogP contribution in [0, 0.1) is 5.82 Å². The van der Waals surface area contributed by atoms with Gasteiger partial charge in [-0.3, -0.25) is 4.90 Å². The number of hydrogen-bond acceptors (Lipinski definition) is 3. The number of hydrogen-bond donors (Lipinski definition) is 0. The lowest BCUT2D eigenvalue weighted by Gasteiger charge is -2.31. The van der Waals surface area contributed by atoms with E-state index >= 15 is 0 Å². The molecule has 1 aliphatic heterocycles. The highest BCUT2D eigenvalue weighted by Gasteiger charge is 2.28. The molecule has 1 aliphatic rings. The molecule has 0 radical (unpaired) electrons. The molecule has 1 atom stereocenters. The first-order chi connectivity index (χ1) is 13.7. The minimum atomic E-state index is -0.209. The summed E-state index contributed by atoms with van der Waals surface area (Å²) in [5.74, 6) is 1.27. The van der Waals surface area contributed by atoms with Crippen LogP contribution in [0.3, 0.4) is 0 Å². The van der Waals surface area contributed by atoms with Crippen molar-refractivity contribution in [1.82, 2.24) is 9.47 Å². The quantitative estimate of drug-likeness (QED) is 0.645. The first-order valence-electron chi connectivity index (χ1n) is 9.55. The van der Waals surface area contributed by atoms with Crippen LogP contribution >= 0.6 is 0 Å². The Morgan fingerprint density at radius 2 is 1.86 bits per heavy atom. The molecule has 0 N–H and O–H groups in total. The number of rotatable bonds is 5. The predicted molar refractivity (Wildman–Crippen MR) is 107 cm³/mol. The lowest BCUT2D eigenvalue weighted by molar-refractivity contribution is 0.216. The van der Waals surface area contributed by atoms with E-state index in [1.54, 1.807) is 26.4 Å². The van der Waals surface area contributed by atoms with Gasteiger partial charge in [-0.25, -0.2) is 4.39 Å². The van der Waals surface area contributed by atoms with Crippen molar-refractivity contribution in [2.45, 2.75) is 25.6 Å². The second kappa shape index (κ2) is 8.07. The van der Waals surface area contributed by atoms with Crippen molar-refractivity contribution in [2.75, 3.05) is 20.8 Å². The highest BCUT2D eigenvalue weighted by atomic mass is 19.1. The van der Waals surface area contributed by atoms with Gasteiger partial charge in [-0.05, 0) is 42.3 Å². The van der Waals surface area contributed by atoms with Gasteiger partial charge in [-0.1, -0.05) is 24.3 Å². The fraction of sp³-hybridized carbons (Fsp3) is 0.304. The summed E-state index contributed by atoms with van der Waals surface area (Å²) in [5, 5.41) is 0. The van der Waals surface area contributed by atoms with Crippen LogP contribution in [-0.4, -0.2) is 30.2 Å². The number of aryl methyl sites for hydroxylation is 1. The first-order valence-corrected chi connectivity index (χ1v) is 9.55. The SMILES string of the molecule is COc1cccc(CN2CCCn3cccc3[C@@H]2c2cccc(F)c2)c1OC. The zero-order valence-corrected chi connectivity index (χ0v) is 16.3. The lowest BCUT2D eigenvalue weighted by Crippen LogP contribution is -2.29. The van der Waals surface area contributed by atoms with Crippen molar-refractivity contribution in [2.24, 2.45) is 0 Å². The molecule has 4 nitrogen and oxygen atoms in total. The van der Waals surface area contributed by atoms with Crippen LogP contribution in [0.4, 0.5) is 4.39 Å². The van der Waals surface area contributed by atoms with E-state index in [2.05, 4.69) is 33.9 Å². The van der Waals surface area contributed by atoms with E-state index in [9.17, 15) is 4.39 Å². The van der Waals surface area contributed by atoms with E-state index in [1.165, 1.54) is 11.8 Å². The number of para-hydroxylation sites is 1. The summed E-state index contributed by atoms with van der Waals surface area (Å²) in [6.45, 7) is 2.55. The smallest absolute Gasteiger partial charge is 0.165 e. The van der Waals surface area contributed by atoms with Crippen LogP contribution < -0.4 is 9.47 Å². The maximum atomic E-state index is 14.0. The Bertz CT molecular complexity index is 953. The summed E-state index contributed by atoms with van der Waals surface area (Å²) in [4.78, 5) is 2.39. The summed E-state index contributed by atoms with van der Waals surface area (Å²) in [5.41, 5.74) is 3.21. The third-order valence-corrected chi connectivity index (χ3v) is 5.38. The molecule has 0 bridgehead atoms. The van der Waals surface area contributed by atoms with Gasteiger partial charge in [0.25, 0.3) is 0 Å². The minimum absolute atomic E-state index is 0.0240. The summed E-state index contributed by atoms with van der Waals surface area (Å²) < 4.78 is 27.4. The Morgan fingerprint density at radius 3 is 2.64 bits per heavy atom. The fourth-order valence-corrected chi connectivity index (χ4v) is 4.17. The standard InChI is InChI=1S/C23H25FN2O2/c1-27-21-11-4-8-18(23(21)28-2)16-26-14-6-13-25-12-5-10-20(25)22(26)17-7-3-9-19(24)15-17/h3-5,7-12,15,22H,6,13-14,16H2,1-2H3/t22-/m0/s1.